The second kappa shape index (κ2) is 11.9. The summed E-state index contributed by atoms with van der Waals surface area (Å²) >= 11 is 0. The summed E-state index contributed by atoms with van der Waals surface area (Å²) in [5, 5.41) is 0. The molecule has 0 bridgehead atoms. The number of ether oxygens (including phenoxy) is 1. The Bertz CT molecular complexity index is 760. The van der Waals surface area contributed by atoms with Crippen LogP contribution in [0.1, 0.15) is 60.5 Å². The molecule has 0 N–H and O–H groups in total. The summed E-state index contributed by atoms with van der Waals surface area (Å²) in [7, 11) is -4.50. The molecule has 0 radical (unpaired) electrons. The fourth-order valence-corrected chi connectivity index (χ4v) is 10.9. The van der Waals surface area contributed by atoms with Crippen LogP contribution in [0, 0.1) is 0 Å². The van der Waals surface area contributed by atoms with Gasteiger partial charge in [-0.25, -0.2) is 4.79 Å². The molecular weight excluding hydrogens is 448 g/mol. The van der Waals surface area contributed by atoms with Gasteiger partial charge in [0.05, 0.1) is 0 Å². The van der Waals surface area contributed by atoms with Gasteiger partial charge in [0, 0.05) is 12.8 Å². The number of cyclic esters (lactones) is 1. The minimum absolute atomic E-state index is 0.202. The third-order valence-electron chi connectivity index (χ3n) is 7.94. The second-order valence-electron chi connectivity index (χ2n) is 9.27. The number of benzene rings is 1. The minimum atomic E-state index is -2.33. The zero-order valence-electron chi connectivity index (χ0n) is 21.7. The van der Waals surface area contributed by atoms with Crippen molar-refractivity contribution in [2.45, 2.75) is 115 Å². The highest BCUT2D eigenvalue weighted by atomic mass is 28.4. The highest BCUT2D eigenvalue weighted by molar-refractivity contribution is 6.74. The summed E-state index contributed by atoms with van der Waals surface area (Å²) in [6.45, 7) is 14.6. The second-order valence-corrected chi connectivity index (χ2v) is 18.7. The fraction of sp³-hybridized carbons (Fsp3) is 0.692. The van der Waals surface area contributed by atoms with E-state index in [0.29, 0.717) is 6.42 Å². The van der Waals surface area contributed by atoms with Gasteiger partial charge in [0.25, 0.3) is 0 Å². The maximum Gasteiger partial charge on any atom is 0.348 e. The molecule has 7 heteroatoms. The van der Waals surface area contributed by atoms with E-state index >= 15 is 0 Å². The minimum Gasteiger partial charge on any atom is -0.457 e. The van der Waals surface area contributed by atoms with Crippen LogP contribution in [0.3, 0.4) is 0 Å². The Kier molecular flexibility index (Phi) is 10.1. The molecule has 0 saturated carbocycles. The van der Waals surface area contributed by atoms with Crippen molar-refractivity contribution >= 4 is 28.4 Å². The Morgan fingerprint density at radius 2 is 1.39 bits per heavy atom. The Balaban J connectivity index is 2.65. The lowest BCUT2D eigenvalue weighted by Crippen LogP contribution is -2.63. The standard InChI is InChI=1S/C26H44O5Si2/c1-8-23(27)26(31-33(12-5,13-6)14-7)24(30-32(9-2,10-3)11-4)22(29-25(26)28)20-21-18-16-15-17-19-21/h15-19,22,24H,8-14,20H2,1-7H3/t22-,24+,26-/m1/s1. The summed E-state index contributed by atoms with van der Waals surface area (Å²) in [5.41, 5.74) is -0.592. The number of hydrogen-bond donors (Lipinski definition) is 0. The van der Waals surface area contributed by atoms with Crippen LogP contribution < -0.4 is 0 Å². The summed E-state index contributed by atoms with van der Waals surface area (Å²) in [5.74, 6) is -0.745. The zero-order valence-corrected chi connectivity index (χ0v) is 23.7. The van der Waals surface area contributed by atoms with Crippen molar-refractivity contribution in [3.05, 3.63) is 35.9 Å². The van der Waals surface area contributed by atoms with E-state index < -0.39 is 40.4 Å². The molecule has 2 rings (SSSR count). The number of carbonyl (C=O) groups excluding carboxylic acids is 2. The number of esters is 1. The van der Waals surface area contributed by atoms with Gasteiger partial charge >= 0.3 is 5.97 Å². The van der Waals surface area contributed by atoms with Crippen LogP contribution in [0.5, 0.6) is 0 Å². The maximum atomic E-state index is 13.7. The number of carbonyl (C=O) groups is 2. The van der Waals surface area contributed by atoms with Gasteiger partial charge < -0.3 is 13.6 Å². The summed E-state index contributed by atoms with van der Waals surface area (Å²) in [6, 6.07) is 15.3. The van der Waals surface area contributed by atoms with Crippen molar-refractivity contribution < 1.29 is 23.2 Å². The van der Waals surface area contributed by atoms with Gasteiger partial charge in [-0.1, -0.05) is 78.8 Å². The first kappa shape index (κ1) is 28.0. The fourth-order valence-electron chi connectivity index (χ4n) is 5.09. The Morgan fingerprint density at radius 1 is 0.879 bits per heavy atom. The lowest BCUT2D eigenvalue weighted by Gasteiger charge is -2.43. The van der Waals surface area contributed by atoms with Crippen molar-refractivity contribution in [1.82, 2.24) is 0 Å². The van der Waals surface area contributed by atoms with E-state index in [1.165, 1.54) is 0 Å². The molecule has 33 heavy (non-hydrogen) atoms. The molecule has 0 aliphatic carbocycles. The van der Waals surface area contributed by atoms with E-state index in [4.69, 9.17) is 13.6 Å². The molecule has 1 saturated heterocycles. The molecule has 5 nitrogen and oxygen atoms in total. The van der Waals surface area contributed by atoms with E-state index in [-0.39, 0.29) is 12.2 Å². The molecule has 3 atom stereocenters. The zero-order chi connectivity index (χ0) is 24.7. The summed E-state index contributed by atoms with van der Waals surface area (Å²) < 4.78 is 19.9. The van der Waals surface area contributed by atoms with Crippen LogP contribution in [-0.2, 0) is 29.6 Å². The predicted octanol–water partition coefficient (Wildman–Crippen LogP) is 6.28. The summed E-state index contributed by atoms with van der Waals surface area (Å²) in [6.07, 6.45) is -0.516. The van der Waals surface area contributed by atoms with Crippen molar-refractivity contribution in [2.75, 3.05) is 0 Å². The first-order chi connectivity index (χ1) is 15.8. The highest BCUT2D eigenvalue weighted by Crippen LogP contribution is 2.43. The average molecular weight is 493 g/mol. The topological polar surface area (TPSA) is 61.8 Å². The lowest BCUT2D eigenvalue weighted by atomic mass is 9.88. The molecular formula is C26H44O5Si2. The van der Waals surface area contributed by atoms with Gasteiger partial charge in [-0.15, -0.1) is 0 Å². The van der Waals surface area contributed by atoms with Crippen LogP contribution in [-0.4, -0.2) is 46.2 Å². The molecule has 1 aromatic rings. The third-order valence-corrected chi connectivity index (χ3v) is 17.2. The van der Waals surface area contributed by atoms with Gasteiger partial charge in [0.15, 0.2) is 22.4 Å². The molecule has 1 aliphatic heterocycles. The van der Waals surface area contributed by atoms with Crippen molar-refractivity contribution in [3.63, 3.8) is 0 Å². The molecule has 0 spiro atoms. The van der Waals surface area contributed by atoms with Crippen molar-refractivity contribution in [2.24, 2.45) is 0 Å². The van der Waals surface area contributed by atoms with Gasteiger partial charge in [-0.2, -0.15) is 0 Å². The lowest BCUT2D eigenvalue weighted by molar-refractivity contribution is -0.161. The third kappa shape index (κ3) is 5.52. The Hall–Kier alpha value is -1.29. The highest BCUT2D eigenvalue weighted by Gasteiger charge is 2.66. The SMILES string of the molecule is CCC(=O)[C@]1(O[Si](CC)(CC)CC)C(=O)O[C@H](Cc2ccccc2)[C@@H]1O[Si](CC)(CC)CC. The first-order valence-corrected chi connectivity index (χ1v) is 18.0. The molecule has 0 unspecified atom stereocenters. The van der Waals surface area contributed by atoms with E-state index in [1.54, 1.807) is 6.92 Å². The smallest absolute Gasteiger partial charge is 0.348 e. The van der Waals surface area contributed by atoms with Gasteiger partial charge in [0.1, 0.15) is 12.2 Å². The van der Waals surface area contributed by atoms with E-state index in [1.807, 2.05) is 30.3 Å². The molecule has 186 valence electrons. The van der Waals surface area contributed by atoms with Crippen molar-refractivity contribution in [1.29, 1.82) is 0 Å². The molecule has 1 aromatic carbocycles. The summed E-state index contributed by atoms with van der Waals surface area (Å²) in [4.78, 5) is 27.3. The van der Waals surface area contributed by atoms with E-state index in [0.717, 1.165) is 41.8 Å². The quantitative estimate of drug-likeness (QED) is 0.174. The van der Waals surface area contributed by atoms with Gasteiger partial charge in [-0.05, 0) is 41.8 Å². The van der Waals surface area contributed by atoms with Crippen LogP contribution >= 0.6 is 0 Å². The monoisotopic (exact) mass is 492 g/mol. The van der Waals surface area contributed by atoms with Crippen molar-refractivity contribution in [3.8, 4) is 0 Å². The van der Waals surface area contributed by atoms with E-state index in [9.17, 15) is 9.59 Å². The Labute approximate surface area is 202 Å². The molecule has 1 aliphatic rings. The van der Waals surface area contributed by atoms with Crippen LogP contribution in [0.25, 0.3) is 0 Å². The van der Waals surface area contributed by atoms with Gasteiger partial charge in [-0.3, -0.25) is 4.79 Å². The molecule has 1 fully saturated rings. The largest absolute Gasteiger partial charge is 0.457 e. The first-order valence-electron chi connectivity index (χ1n) is 12.9. The average Bonchev–Trinajstić information content (AvgIpc) is 3.11. The predicted molar refractivity (Wildman–Crippen MR) is 138 cm³/mol. The normalized spacial score (nSPS) is 23.5. The van der Waals surface area contributed by atoms with Crippen LogP contribution in [0.15, 0.2) is 30.3 Å². The molecule has 1 heterocycles. The number of hydrogen-bond acceptors (Lipinski definition) is 5. The van der Waals surface area contributed by atoms with Crippen LogP contribution in [0.2, 0.25) is 36.3 Å². The van der Waals surface area contributed by atoms with Crippen LogP contribution in [0.4, 0.5) is 0 Å². The number of Topliss-reactive ketones (excluding diaryl/α,β-unsaturated/α-hetero) is 1. The molecule has 0 aromatic heterocycles. The Morgan fingerprint density at radius 3 is 1.85 bits per heavy atom. The van der Waals surface area contributed by atoms with Gasteiger partial charge in [0.2, 0.25) is 5.60 Å². The van der Waals surface area contributed by atoms with E-state index in [2.05, 4.69) is 41.5 Å². The molecule has 0 amide bonds. The maximum absolute atomic E-state index is 13.7. The number of ketones is 1. The number of rotatable bonds is 14.